The summed E-state index contributed by atoms with van der Waals surface area (Å²) in [5.41, 5.74) is 2.63. The average molecular weight is 353 g/mol. The van der Waals surface area contributed by atoms with Crippen molar-refractivity contribution in [3.05, 3.63) is 55.8 Å². The van der Waals surface area contributed by atoms with Gasteiger partial charge in [0.05, 0.1) is 11.8 Å². The molecule has 3 rings (SSSR count). The molecule has 86 valence electrons. The Morgan fingerprint density at radius 1 is 1.18 bits per heavy atom. The molecule has 2 heterocycles. The van der Waals surface area contributed by atoms with Gasteiger partial charge in [0.25, 0.3) is 0 Å². The van der Waals surface area contributed by atoms with Crippen molar-refractivity contribution in [1.82, 2.24) is 0 Å². The largest absolute Gasteiger partial charge is 0.280 e. The van der Waals surface area contributed by atoms with E-state index in [0.29, 0.717) is 6.04 Å². The molecule has 1 aromatic heterocycles. The van der Waals surface area contributed by atoms with Crippen LogP contribution in [0, 0.1) is 3.57 Å². The van der Waals surface area contributed by atoms with E-state index in [1.54, 1.807) is 11.3 Å². The number of hydrogen-bond acceptors (Lipinski definition) is 2. The van der Waals surface area contributed by atoms with Crippen molar-refractivity contribution in [2.45, 2.75) is 18.9 Å². The minimum atomic E-state index is 0.365. The van der Waals surface area contributed by atoms with Gasteiger partial charge in [0, 0.05) is 8.45 Å². The highest BCUT2D eigenvalue weighted by atomic mass is 127. The summed E-state index contributed by atoms with van der Waals surface area (Å²) in [5, 5.41) is 2.12. The fraction of sp³-hybridized carbons (Fsp3) is 0.214. The van der Waals surface area contributed by atoms with Crippen LogP contribution in [0.25, 0.3) is 0 Å². The van der Waals surface area contributed by atoms with Gasteiger partial charge in [-0.1, -0.05) is 18.2 Å². The maximum absolute atomic E-state index is 4.86. The molecule has 0 saturated heterocycles. The smallest absolute Gasteiger partial charge is 0.0756 e. The van der Waals surface area contributed by atoms with E-state index in [1.165, 1.54) is 19.7 Å². The third-order valence-corrected chi connectivity index (χ3v) is 4.66. The highest BCUT2D eigenvalue weighted by Gasteiger charge is 2.20. The highest BCUT2D eigenvalue weighted by Crippen LogP contribution is 2.32. The fourth-order valence-electron chi connectivity index (χ4n) is 2.15. The Balaban J connectivity index is 1.85. The van der Waals surface area contributed by atoms with Crippen LogP contribution in [-0.4, -0.2) is 5.71 Å². The second-order valence-corrected chi connectivity index (χ2v) is 6.35. The Kier molecular flexibility index (Phi) is 3.29. The molecule has 1 unspecified atom stereocenters. The van der Waals surface area contributed by atoms with Crippen molar-refractivity contribution in [2.24, 2.45) is 4.99 Å². The van der Waals surface area contributed by atoms with Crippen LogP contribution in [0.2, 0.25) is 0 Å². The number of thiophene rings is 1. The van der Waals surface area contributed by atoms with E-state index in [4.69, 9.17) is 4.99 Å². The van der Waals surface area contributed by atoms with Gasteiger partial charge in [0.15, 0.2) is 0 Å². The molecule has 0 saturated carbocycles. The number of rotatable bonds is 2. The lowest BCUT2D eigenvalue weighted by Crippen LogP contribution is -1.90. The summed E-state index contributed by atoms with van der Waals surface area (Å²) < 4.78 is 1.28. The first kappa shape index (κ1) is 11.4. The topological polar surface area (TPSA) is 12.4 Å². The minimum absolute atomic E-state index is 0.365. The van der Waals surface area contributed by atoms with Crippen molar-refractivity contribution in [3.63, 3.8) is 0 Å². The van der Waals surface area contributed by atoms with Gasteiger partial charge in [-0.05, 0) is 64.6 Å². The molecule has 1 aliphatic heterocycles. The maximum atomic E-state index is 4.86. The monoisotopic (exact) mass is 353 g/mol. The summed E-state index contributed by atoms with van der Waals surface area (Å²) in [6, 6.07) is 13.4. The molecule has 2 aromatic rings. The van der Waals surface area contributed by atoms with Crippen molar-refractivity contribution in [1.29, 1.82) is 0 Å². The summed E-state index contributed by atoms with van der Waals surface area (Å²) in [7, 11) is 0. The summed E-state index contributed by atoms with van der Waals surface area (Å²) in [5.74, 6) is 0. The van der Waals surface area contributed by atoms with Crippen molar-refractivity contribution >= 4 is 39.6 Å². The highest BCUT2D eigenvalue weighted by molar-refractivity contribution is 14.1. The van der Waals surface area contributed by atoms with Crippen LogP contribution < -0.4 is 0 Å². The SMILES string of the molecule is Ic1ccc(C2CCC(c3cccs3)=N2)cc1. The molecule has 0 radical (unpaired) electrons. The van der Waals surface area contributed by atoms with Crippen LogP contribution in [0.4, 0.5) is 0 Å². The molecule has 1 aromatic carbocycles. The van der Waals surface area contributed by atoms with E-state index in [-0.39, 0.29) is 0 Å². The zero-order valence-electron chi connectivity index (χ0n) is 9.27. The molecule has 0 amide bonds. The Morgan fingerprint density at radius 2 is 2.00 bits per heavy atom. The van der Waals surface area contributed by atoms with Gasteiger partial charge in [-0.25, -0.2) is 0 Å². The Hall–Kier alpha value is -0.680. The Bertz CT molecular complexity index is 528. The normalized spacial score (nSPS) is 19.4. The molecule has 3 heteroatoms. The predicted molar refractivity (Wildman–Crippen MR) is 82.0 cm³/mol. The number of aliphatic imine (C=N–C) groups is 1. The average Bonchev–Trinajstić information content (AvgIpc) is 3.00. The van der Waals surface area contributed by atoms with Gasteiger partial charge < -0.3 is 0 Å². The van der Waals surface area contributed by atoms with Gasteiger partial charge in [-0.3, -0.25) is 4.99 Å². The minimum Gasteiger partial charge on any atom is -0.280 e. The molecular weight excluding hydrogens is 341 g/mol. The molecular formula is C14H12INS. The van der Waals surface area contributed by atoms with Gasteiger partial charge in [-0.2, -0.15) is 0 Å². The van der Waals surface area contributed by atoms with Crippen LogP contribution in [0.15, 0.2) is 46.8 Å². The van der Waals surface area contributed by atoms with Gasteiger partial charge in [-0.15, -0.1) is 11.3 Å². The fourth-order valence-corrected chi connectivity index (χ4v) is 3.26. The molecule has 0 aliphatic carbocycles. The van der Waals surface area contributed by atoms with Crippen LogP contribution >= 0.6 is 33.9 Å². The molecule has 0 bridgehead atoms. The lowest BCUT2D eigenvalue weighted by Gasteiger charge is -2.06. The number of benzene rings is 1. The van der Waals surface area contributed by atoms with Crippen LogP contribution in [0.3, 0.4) is 0 Å². The van der Waals surface area contributed by atoms with E-state index in [1.807, 2.05) is 0 Å². The maximum Gasteiger partial charge on any atom is 0.0756 e. The summed E-state index contributed by atoms with van der Waals surface area (Å²) in [4.78, 5) is 6.19. The number of halogens is 1. The van der Waals surface area contributed by atoms with Crippen LogP contribution in [0.5, 0.6) is 0 Å². The number of nitrogens with zero attached hydrogens (tertiary/aromatic N) is 1. The molecule has 1 nitrogen and oxygen atoms in total. The second-order valence-electron chi connectivity index (χ2n) is 4.16. The Morgan fingerprint density at radius 3 is 2.71 bits per heavy atom. The van der Waals surface area contributed by atoms with E-state index in [0.717, 1.165) is 12.8 Å². The van der Waals surface area contributed by atoms with E-state index in [9.17, 15) is 0 Å². The van der Waals surface area contributed by atoms with Crippen molar-refractivity contribution in [3.8, 4) is 0 Å². The summed E-state index contributed by atoms with van der Waals surface area (Å²) in [6.07, 6.45) is 2.25. The predicted octanol–water partition coefficient (Wildman–Crippen LogP) is 4.68. The molecule has 1 aliphatic rings. The summed E-state index contributed by atoms with van der Waals surface area (Å²) in [6.45, 7) is 0. The molecule has 17 heavy (non-hydrogen) atoms. The number of hydrogen-bond donors (Lipinski definition) is 0. The Labute approximate surface area is 119 Å². The van der Waals surface area contributed by atoms with E-state index in [2.05, 4.69) is 64.4 Å². The lowest BCUT2D eigenvalue weighted by atomic mass is 10.0. The zero-order valence-corrected chi connectivity index (χ0v) is 12.2. The first-order valence-electron chi connectivity index (χ1n) is 5.69. The third kappa shape index (κ3) is 2.45. The summed E-state index contributed by atoms with van der Waals surface area (Å²) >= 11 is 4.13. The van der Waals surface area contributed by atoms with Gasteiger partial charge in [0.2, 0.25) is 0 Å². The van der Waals surface area contributed by atoms with E-state index < -0.39 is 0 Å². The van der Waals surface area contributed by atoms with Crippen molar-refractivity contribution < 1.29 is 0 Å². The van der Waals surface area contributed by atoms with Gasteiger partial charge >= 0.3 is 0 Å². The van der Waals surface area contributed by atoms with Gasteiger partial charge in [0.1, 0.15) is 0 Å². The van der Waals surface area contributed by atoms with Crippen molar-refractivity contribution in [2.75, 3.05) is 0 Å². The van der Waals surface area contributed by atoms with Crippen LogP contribution in [-0.2, 0) is 0 Å². The third-order valence-electron chi connectivity index (χ3n) is 3.03. The second kappa shape index (κ2) is 4.90. The molecule has 0 N–H and O–H groups in total. The molecule has 1 atom stereocenters. The molecule has 0 spiro atoms. The quantitative estimate of drug-likeness (QED) is 0.696. The first-order chi connectivity index (χ1) is 8.33. The van der Waals surface area contributed by atoms with E-state index >= 15 is 0 Å². The lowest BCUT2D eigenvalue weighted by molar-refractivity contribution is 0.723. The zero-order chi connectivity index (χ0) is 11.7. The first-order valence-corrected chi connectivity index (χ1v) is 7.65. The van der Waals surface area contributed by atoms with Crippen LogP contribution in [0.1, 0.15) is 29.3 Å². The standard InChI is InChI=1S/C14H12INS/c15-11-5-3-10(4-6-11)12-7-8-13(16-12)14-2-1-9-17-14/h1-6,9,12H,7-8H2. The molecule has 0 fully saturated rings.